The fourth-order valence-electron chi connectivity index (χ4n) is 5.79. The number of thioether (sulfide) groups is 1. The molecule has 0 aliphatic carbocycles. The minimum absolute atomic E-state index is 0.0296. The van der Waals surface area contributed by atoms with E-state index in [2.05, 4.69) is 21.2 Å². The van der Waals surface area contributed by atoms with E-state index in [4.69, 9.17) is 16.3 Å². The van der Waals surface area contributed by atoms with E-state index in [0.717, 1.165) is 6.42 Å². The second-order valence-electron chi connectivity index (χ2n) is 9.29. The molecule has 2 bridgehead atoms. The van der Waals surface area contributed by atoms with Gasteiger partial charge in [-0.05, 0) is 43.5 Å². The van der Waals surface area contributed by atoms with Crippen molar-refractivity contribution < 1.29 is 24.2 Å². The van der Waals surface area contributed by atoms with Crippen LogP contribution in [0.4, 0.5) is 5.69 Å². The number of aliphatic hydroxyl groups excluding tert-OH is 1. The van der Waals surface area contributed by atoms with E-state index < -0.39 is 34.6 Å². The third-order valence-electron chi connectivity index (χ3n) is 7.49. The number of anilines is 1. The first-order valence-electron chi connectivity index (χ1n) is 11.7. The van der Waals surface area contributed by atoms with E-state index in [0.29, 0.717) is 17.1 Å². The Balaban J connectivity index is 1.78. The molecule has 3 aliphatic heterocycles. The van der Waals surface area contributed by atoms with E-state index in [9.17, 15) is 19.5 Å². The Hall–Kier alpha value is -1.29. The maximum Gasteiger partial charge on any atom is 0.310 e. The lowest BCUT2D eigenvalue weighted by molar-refractivity contribution is -0.154. The molecule has 1 spiro atoms. The van der Waals surface area contributed by atoms with Crippen LogP contribution in [0.5, 0.6) is 0 Å². The van der Waals surface area contributed by atoms with Gasteiger partial charge in [0.15, 0.2) is 0 Å². The summed E-state index contributed by atoms with van der Waals surface area (Å²) in [5.74, 6) is -2.30. The summed E-state index contributed by atoms with van der Waals surface area (Å²) in [6, 6.07) is 5.43. The van der Waals surface area contributed by atoms with E-state index in [1.807, 2.05) is 13.8 Å². The summed E-state index contributed by atoms with van der Waals surface area (Å²) < 4.78 is 4.58. The summed E-state index contributed by atoms with van der Waals surface area (Å²) >= 11 is 11.3. The van der Waals surface area contributed by atoms with E-state index in [1.165, 1.54) is 0 Å². The van der Waals surface area contributed by atoms with Crippen LogP contribution in [0.15, 0.2) is 24.3 Å². The highest BCUT2D eigenvalue weighted by Gasteiger charge is 2.76. The molecule has 3 saturated heterocycles. The molecule has 0 saturated carbocycles. The van der Waals surface area contributed by atoms with Crippen LogP contribution in [0.2, 0.25) is 5.02 Å². The Bertz CT molecular complexity index is 965. The first kappa shape index (κ1) is 25.8. The highest BCUT2D eigenvalue weighted by molar-refractivity contribution is 9.09. The number of carbonyl (C=O) groups excluding carboxylic acids is 3. The monoisotopic (exact) mass is 572 g/mol. The quantitative estimate of drug-likeness (QED) is 0.364. The Kier molecular flexibility index (Phi) is 7.58. The number of nitrogens with zero attached hydrogens (tertiary/aromatic N) is 1. The van der Waals surface area contributed by atoms with Crippen LogP contribution in [-0.4, -0.2) is 67.9 Å². The maximum atomic E-state index is 14.0. The molecule has 1 aromatic rings. The number of hydrogen-bond acceptors (Lipinski definition) is 6. The number of hydrogen-bond donors (Lipinski definition) is 2. The van der Waals surface area contributed by atoms with Crippen LogP contribution >= 0.6 is 39.3 Å². The number of fused-ring (bicyclic) bond motifs is 1. The molecule has 0 aromatic heterocycles. The third-order valence-corrected chi connectivity index (χ3v) is 11.0. The SMILES string of the molecule is CCOC(=O)[C@H]1[C@H]2C(=O)N([C@@H](CO)[C@@H](C)CC)C(C(=O)Nc3ccc(Cl)cc3)C23CC(Br)[C@@H]1S3. The first-order chi connectivity index (χ1) is 16.2. The summed E-state index contributed by atoms with van der Waals surface area (Å²) in [5, 5.41) is 13.7. The van der Waals surface area contributed by atoms with Crippen molar-refractivity contribution in [2.45, 2.75) is 60.5 Å². The molecule has 1 aromatic carbocycles. The second-order valence-corrected chi connectivity index (χ2v) is 12.4. The normalized spacial score (nSPS) is 33.5. The number of rotatable bonds is 8. The van der Waals surface area contributed by atoms with Gasteiger partial charge in [0.2, 0.25) is 11.8 Å². The number of benzene rings is 1. The van der Waals surface area contributed by atoms with Gasteiger partial charge in [-0.2, -0.15) is 0 Å². The lowest BCUT2D eigenvalue weighted by Crippen LogP contribution is -2.56. The van der Waals surface area contributed by atoms with Crippen LogP contribution < -0.4 is 5.32 Å². The summed E-state index contributed by atoms with van der Waals surface area (Å²) in [6.45, 7) is 5.67. The molecule has 3 heterocycles. The van der Waals surface area contributed by atoms with Crippen LogP contribution in [0.25, 0.3) is 0 Å². The van der Waals surface area contributed by atoms with Crippen LogP contribution in [0.3, 0.4) is 0 Å². The standard InChI is InChI=1S/C24H30BrClN2O5S/c1-4-12(3)16(11-29)28-20(21(30)27-14-8-6-13(26)7-9-14)24-10-15(25)19(34-24)17(18(24)22(28)31)23(32)33-5-2/h6-9,12,15-20,29H,4-5,10-11H2,1-3H3,(H,27,30)/t12-,15?,16-,17-,18-,19-,20?,24?/m0/s1. The predicted molar refractivity (Wildman–Crippen MR) is 136 cm³/mol. The molecule has 7 nitrogen and oxygen atoms in total. The van der Waals surface area contributed by atoms with Crippen LogP contribution in [0.1, 0.15) is 33.6 Å². The minimum atomic E-state index is -0.832. The van der Waals surface area contributed by atoms with Gasteiger partial charge in [0.25, 0.3) is 0 Å². The Morgan fingerprint density at radius 1 is 1.35 bits per heavy atom. The molecule has 2 amide bonds. The van der Waals surface area contributed by atoms with Crippen molar-refractivity contribution in [2.24, 2.45) is 17.8 Å². The van der Waals surface area contributed by atoms with Gasteiger partial charge in [-0.3, -0.25) is 14.4 Å². The van der Waals surface area contributed by atoms with Gasteiger partial charge in [0.1, 0.15) is 6.04 Å². The molecular formula is C24H30BrClN2O5S. The molecule has 10 heteroatoms. The summed E-state index contributed by atoms with van der Waals surface area (Å²) in [4.78, 5) is 42.4. The number of halogens is 2. The highest BCUT2D eigenvalue weighted by atomic mass is 79.9. The van der Waals surface area contributed by atoms with Crippen molar-refractivity contribution in [2.75, 3.05) is 18.5 Å². The number of amides is 2. The number of nitrogens with one attached hydrogen (secondary N) is 1. The topological polar surface area (TPSA) is 95.9 Å². The van der Waals surface area contributed by atoms with Crippen LogP contribution in [-0.2, 0) is 19.1 Å². The number of aliphatic hydroxyl groups is 1. The van der Waals surface area contributed by atoms with Crippen molar-refractivity contribution >= 4 is 62.8 Å². The Morgan fingerprint density at radius 3 is 2.62 bits per heavy atom. The first-order valence-corrected chi connectivity index (χ1v) is 13.8. The van der Waals surface area contributed by atoms with Gasteiger partial charge in [0.05, 0.1) is 35.8 Å². The fourth-order valence-corrected chi connectivity index (χ4v) is 9.50. The van der Waals surface area contributed by atoms with Crippen molar-refractivity contribution in [3.8, 4) is 0 Å². The summed E-state index contributed by atoms with van der Waals surface area (Å²) in [5.41, 5.74) is 0.570. The molecule has 4 rings (SSSR count). The van der Waals surface area contributed by atoms with Gasteiger partial charge < -0.3 is 20.1 Å². The number of esters is 1. The predicted octanol–water partition coefficient (Wildman–Crippen LogP) is 3.71. The molecule has 3 unspecified atom stereocenters. The molecule has 186 valence electrons. The maximum absolute atomic E-state index is 14.0. The Morgan fingerprint density at radius 2 is 2.03 bits per heavy atom. The van der Waals surface area contributed by atoms with Gasteiger partial charge in [-0.1, -0.05) is 47.8 Å². The van der Waals surface area contributed by atoms with Gasteiger partial charge in [-0.25, -0.2) is 0 Å². The lowest BCUT2D eigenvalue weighted by Gasteiger charge is -2.39. The molecular weight excluding hydrogens is 544 g/mol. The summed E-state index contributed by atoms with van der Waals surface area (Å²) in [7, 11) is 0. The Labute approximate surface area is 217 Å². The number of carbonyl (C=O) groups is 3. The van der Waals surface area contributed by atoms with Crippen molar-refractivity contribution in [1.29, 1.82) is 0 Å². The smallest absolute Gasteiger partial charge is 0.310 e. The molecule has 34 heavy (non-hydrogen) atoms. The molecule has 0 radical (unpaired) electrons. The zero-order valence-electron chi connectivity index (χ0n) is 19.4. The second kappa shape index (κ2) is 9.99. The number of likely N-dealkylation sites (tertiary alicyclic amines) is 1. The highest BCUT2D eigenvalue weighted by Crippen LogP contribution is 2.68. The van der Waals surface area contributed by atoms with E-state index in [1.54, 1.807) is 47.9 Å². The number of alkyl halides is 1. The van der Waals surface area contributed by atoms with E-state index >= 15 is 0 Å². The molecule has 3 aliphatic rings. The van der Waals surface area contributed by atoms with Gasteiger partial charge in [-0.15, -0.1) is 11.8 Å². The zero-order chi connectivity index (χ0) is 24.8. The lowest BCUT2D eigenvalue weighted by atomic mass is 9.71. The zero-order valence-corrected chi connectivity index (χ0v) is 22.5. The third kappa shape index (κ3) is 4.06. The minimum Gasteiger partial charge on any atom is -0.466 e. The average molecular weight is 574 g/mol. The van der Waals surface area contributed by atoms with Crippen LogP contribution in [0, 0.1) is 17.8 Å². The van der Waals surface area contributed by atoms with E-state index in [-0.39, 0.29) is 41.0 Å². The average Bonchev–Trinajstić information content (AvgIpc) is 3.39. The van der Waals surface area contributed by atoms with Gasteiger partial charge >= 0.3 is 5.97 Å². The van der Waals surface area contributed by atoms with Gasteiger partial charge in [0, 0.05) is 20.8 Å². The fraction of sp³-hybridized carbons (Fsp3) is 0.625. The van der Waals surface area contributed by atoms with Crippen molar-refractivity contribution in [3.05, 3.63) is 29.3 Å². The van der Waals surface area contributed by atoms with Crippen molar-refractivity contribution in [1.82, 2.24) is 4.90 Å². The molecule has 8 atom stereocenters. The largest absolute Gasteiger partial charge is 0.466 e. The summed E-state index contributed by atoms with van der Waals surface area (Å²) in [6.07, 6.45) is 1.30. The molecule has 3 fully saturated rings. The molecule has 2 N–H and O–H groups in total. The number of ether oxygens (including phenoxy) is 1. The van der Waals surface area contributed by atoms with Crippen molar-refractivity contribution in [3.63, 3.8) is 0 Å².